The van der Waals surface area contributed by atoms with E-state index in [4.69, 9.17) is 9.47 Å². The lowest BCUT2D eigenvalue weighted by Gasteiger charge is -2.22. The molecule has 2 aromatic carbocycles. The smallest absolute Gasteiger partial charge is 0.407 e. The second-order valence-electron chi connectivity index (χ2n) is 8.09. The van der Waals surface area contributed by atoms with Gasteiger partial charge in [-0.2, -0.15) is 0 Å². The molecule has 2 aromatic rings. The van der Waals surface area contributed by atoms with Gasteiger partial charge in [-0.15, -0.1) is 0 Å². The van der Waals surface area contributed by atoms with Crippen molar-refractivity contribution >= 4 is 18.0 Å². The van der Waals surface area contributed by atoms with Crippen LogP contribution < -0.4 is 10.6 Å². The number of methoxy groups -OCH3 is 1. The van der Waals surface area contributed by atoms with Crippen molar-refractivity contribution in [1.82, 2.24) is 15.5 Å². The van der Waals surface area contributed by atoms with Crippen molar-refractivity contribution in [3.05, 3.63) is 59.7 Å². The largest absolute Gasteiger partial charge is 0.480 e. The summed E-state index contributed by atoms with van der Waals surface area (Å²) in [6.45, 7) is 0.109. The number of hydrogen-bond acceptors (Lipinski definition) is 6. The zero-order chi connectivity index (χ0) is 24.0. The number of likely N-dealkylation sites (N-methyl/N-ethyl adjacent to an activating group) is 1. The van der Waals surface area contributed by atoms with Crippen molar-refractivity contribution in [2.45, 2.75) is 18.1 Å². The van der Waals surface area contributed by atoms with Crippen LogP contribution in [0.25, 0.3) is 11.1 Å². The number of ether oxygens (including phenoxy) is 2. The first kappa shape index (κ1) is 24.2. The Labute approximate surface area is 192 Å². The van der Waals surface area contributed by atoms with Crippen LogP contribution in [0.3, 0.4) is 0 Å². The number of nitrogens with zero attached hydrogens (tertiary/aromatic N) is 1. The number of nitrogens with one attached hydrogen (secondary N) is 2. The van der Waals surface area contributed by atoms with Gasteiger partial charge in [0.05, 0.1) is 6.54 Å². The first-order chi connectivity index (χ1) is 15.8. The van der Waals surface area contributed by atoms with Gasteiger partial charge in [0, 0.05) is 19.6 Å². The van der Waals surface area contributed by atoms with E-state index < -0.39 is 30.1 Å². The lowest BCUT2D eigenvalue weighted by molar-refractivity contribution is -0.144. The quantitative estimate of drug-likeness (QED) is 0.499. The molecule has 1 unspecified atom stereocenters. The molecule has 33 heavy (non-hydrogen) atoms. The zero-order valence-electron chi connectivity index (χ0n) is 18.9. The van der Waals surface area contributed by atoms with Gasteiger partial charge in [0.15, 0.2) is 6.10 Å². The lowest BCUT2D eigenvalue weighted by Crippen LogP contribution is -2.52. The molecule has 0 radical (unpaired) electrons. The molecule has 1 aliphatic carbocycles. The Balaban J connectivity index is 1.55. The standard InChI is InChI=1S/C24H29N3O6/c1-27(2)13-20(23(29)30)26-22(28)21(32-3)12-25-24(31)33-14-19-17-10-6-4-8-15(17)16-9-5-7-11-18(16)19/h4-11,19-21H,12-14H2,1-3H3,(H,25,31)(H,26,28)(H,29,30)/t20-,21?/m0/s1. The summed E-state index contributed by atoms with van der Waals surface area (Å²) >= 11 is 0. The van der Waals surface area contributed by atoms with Gasteiger partial charge in [0.1, 0.15) is 12.6 Å². The van der Waals surface area contributed by atoms with Crippen molar-refractivity contribution in [3.8, 4) is 11.1 Å². The van der Waals surface area contributed by atoms with Crippen LogP contribution in [-0.4, -0.2) is 81.0 Å². The van der Waals surface area contributed by atoms with Crippen LogP contribution in [0.15, 0.2) is 48.5 Å². The molecule has 0 spiro atoms. The number of carboxylic acid groups (broad SMARTS) is 1. The van der Waals surface area contributed by atoms with E-state index >= 15 is 0 Å². The number of amides is 2. The van der Waals surface area contributed by atoms with Crippen LogP contribution in [-0.2, 0) is 19.1 Å². The molecule has 0 aliphatic heterocycles. The Morgan fingerprint density at radius 3 is 2.12 bits per heavy atom. The molecular formula is C24H29N3O6. The Morgan fingerprint density at radius 1 is 1.03 bits per heavy atom. The predicted molar refractivity (Wildman–Crippen MR) is 122 cm³/mol. The minimum absolute atomic E-state index is 0.0768. The second kappa shape index (κ2) is 10.9. The van der Waals surface area contributed by atoms with E-state index in [9.17, 15) is 19.5 Å². The molecule has 1 aliphatic rings. The van der Waals surface area contributed by atoms with E-state index in [-0.39, 0.29) is 25.6 Å². The molecule has 2 atom stereocenters. The number of benzene rings is 2. The van der Waals surface area contributed by atoms with Crippen LogP contribution in [0.4, 0.5) is 4.79 Å². The minimum atomic E-state index is -1.16. The third-order valence-electron chi connectivity index (χ3n) is 5.51. The number of carboxylic acids is 1. The van der Waals surface area contributed by atoms with E-state index in [1.54, 1.807) is 19.0 Å². The summed E-state index contributed by atoms with van der Waals surface area (Å²) in [5.74, 6) is -1.87. The van der Waals surface area contributed by atoms with E-state index in [0.717, 1.165) is 22.3 Å². The molecule has 0 saturated carbocycles. The second-order valence-corrected chi connectivity index (χ2v) is 8.09. The number of carbonyl (C=O) groups is 3. The van der Waals surface area contributed by atoms with E-state index in [1.165, 1.54) is 7.11 Å². The summed E-state index contributed by atoms with van der Waals surface area (Å²) in [6, 6.07) is 14.9. The summed E-state index contributed by atoms with van der Waals surface area (Å²) in [6.07, 6.45) is -1.75. The van der Waals surface area contributed by atoms with Gasteiger partial charge in [0.25, 0.3) is 5.91 Å². The third-order valence-corrected chi connectivity index (χ3v) is 5.51. The van der Waals surface area contributed by atoms with Crippen molar-refractivity contribution in [2.75, 3.05) is 40.9 Å². The van der Waals surface area contributed by atoms with Crippen LogP contribution in [0.2, 0.25) is 0 Å². The van der Waals surface area contributed by atoms with Crippen LogP contribution in [0.1, 0.15) is 17.0 Å². The number of aliphatic carboxylic acids is 1. The topological polar surface area (TPSA) is 117 Å². The summed E-state index contributed by atoms with van der Waals surface area (Å²) in [5, 5.41) is 14.2. The molecule has 0 aromatic heterocycles. The third kappa shape index (κ3) is 5.88. The van der Waals surface area contributed by atoms with Gasteiger partial charge in [-0.3, -0.25) is 4.79 Å². The molecule has 2 amide bonds. The maximum Gasteiger partial charge on any atom is 0.407 e. The zero-order valence-corrected chi connectivity index (χ0v) is 18.9. The number of fused-ring (bicyclic) bond motifs is 3. The van der Waals surface area contributed by atoms with Crippen molar-refractivity contribution in [2.24, 2.45) is 0 Å². The Kier molecular flexibility index (Phi) is 8.02. The van der Waals surface area contributed by atoms with Crippen LogP contribution in [0.5, 0.6) is 0 Å². The molecule has 0 saturated heterocycles. The van der Waals surface area contributed by atoms with Gasteiger partial charge in [-0.1, -0.05) is 48.5 Å². The fourth-order valence-electron chi connectivity index (χ4n) is 3.92. The molecule has 0 bridgehead atoms. The van der Waals surface area contributed by atoms with Gasteiger partial charge in [-0.25, -0.2) is 9.59 Å². The number of carbonyl (C=O) groups excluding carboxylic acids is 2. The Bertz CT molecular complexity index is 964. The summed E-state index contributed by atoms with van der Waals surface area (Å²) < 4.78 is 10.6. The number of alkyl carbamates (subject to hydrolysis) is 1. The summed E-state index contributed by atoms with van der Waals surface area (Å²) in [5.41, 5.74) is 4.45. The van der Waals surface area contributed by atoms with Crippen molar-refractivity contribution in [3.63, 3.8) is 0 Å². The normalized spacial score (nSPS) is 14.2. The monoisotopic (exact) mass is 455 g/mol. The first-order valence-electron chi connectivity index (χ1n) is 10.6. The van der Waals surface area contributed by atoms with Crippen LogP contribution in [0, 0.1) is 0 Å². The first-order valence-corrected chi connectivity index (χ1v) is 10.6. The van der Waals surface area contributed by atoms with Crippen molar-refractivity contribution in [1.29, 1.82) is 0 Å². The highest BCUT2D eigenvalue weighted by atomic mass is 16.5. The highest BCUT2D eigenvalue weighted by molar-refractivity contribution is 5.87. The molecular weight excluding hydrogens is 426 g/mol. The highest BCUT2D eigenvalue weighted by Crippen LogP contribution is 2.44. The average molecular weight is 456 g/mol. The fourth-order valence-corrected chi connectivity index (χ4v) is 3.92. The number of hydrogen-bond donors (Lipinski definition) is 3. The van der Waals surface area contributed by atoms with Gasteiger partial charge >= 0.3 is 12.1 Å². The summed E-state index contributed by atoms with van der Waals surface area (Å²) in [4.78, 5) is 37.7. The van der Waals surface area contributed by atoms with Gasteiger partial charge in [-0.05, 0) is 36.3 Å². The lowest BCUT2D eigenvalue weighted by atomic mass is 9.98. The van der Waals surface area contributed by atoms with E-state index in [0.29, 0.717) is 0 Å². The fraction of sp³-hybridized carbons (Fsp3) is 0.375. The molecule has 9 heteroatoms. The number of rotatable bonds is 10. The van der Waals surface area contributed by atoms with Gasteiger partial charge in [0.2, 0.25) is 0 Å². The molecule has 3 N–H and O–H groups in total. The van der Waals surface area contributed by atoms with Crippen molar-refractivity contribution < 1.29 is 29.0 Å². The molecule has 0 fully saturated rings. The average Bonchev–Trinajstić information content (AvgIpc) is 3.11. The maximum atomic E-state index is 12.4. The minimum Gasteiger partial charge on any atom is -0.480 e. The summed E-state index contributed by atoms with van der Waals surface area (Å²) in [7, 11) is 4.72. The molecule has 9 nitrogen and oxygen atoms in total. The molecule has 0 heterocycles. The Morgan fingerprint density at radius 2 is 1.61 bits per heavy atom. The SMILES string of the molecule is COC(CNC(=O)OCC1c2ccccc2-c2ccccc21)C(=O)N[C@@H](CN(C)C)C(=O)O. The highest BCUT2D eigenvalue weighted by Gasteiger charge is 2.30. The molecule has 176 valence electrons. The maximum absolute atomic E-state index is 12.4. The van der Waals surface area contributed by atoms with Gasteiger partial charge < -0.3 is 30.1 Å². The van der Waals surface area contributed by atoms with E-state index in [2.05, 4.69) is 22.8 Å². The Hall–Kier alpha value is -3.43. The molecule has 3 rings (SSSR count). The van der Waals surface area contributed by atoms with Crippen LogP contribution >= 0.6 is 0 Å². The van der Waals surface area contributed by atoms with E-state index in [1.807, 2.05) is 36.4 Å². The predicted octanol–water partition coefficient (Wildman–Crippen LogP) is 1.67.